The summed E-state index contributed by atoms with van der Waals surface area (Å²) >= 11 is 0. The van der Waals surface area contributed by atoms with Gasteiger partial charge in [-0.15, -0.1) is 0 Å². The average molecular weight is 831 g/mol. The number of unbranched alkanes of at least 4 members (excludes halogenated alkanes) is 14. The Bertz CT molecular complexity index is 1190. The number of phosphoric ester groups is 1. The van der Waals surface area contributed by atoms with Crippen LogP contribution in [0.3, 0.4) is 0 Å². The fourth-order valence-electron chi connectivity index (χ4n) is 6.15. The van der Waals surface area contributed by atoms with Crippen molar-refractivity contribution in [3.8, 4) is 0 Å². The number of allylic oxidation sites excluding steroid dienone is 8. The van der Waals surface area contributed by atoms with Crippen LogP contribution in [0.15, 0.2) is 48.6 Å². The summed E-state index contributed by atoms with van der Waals surface area (Å²) in [5.41, 5.74) is 0. The van der Waals surface area contributed by atoms with Crippen molar-refractivity contribution < 1.29 is 63.1 Å². The van der Waals surface area contributed by atoms with Crippen molar-refractivity contribution >= 4 is 19.8 Å². The van der Waals surface area contributed by atoms with Crippen LogP contribution < -0.4 is 0 Å². The minimum atomic E-state index is -5.12. The van der Waals surface area contributed by atoms with Crippen LogP contribution in [0.5, 0.6) is 0 Å². The normalized spacial score (nSPS) is 23.2. The van der Waals surface area contributed by atoms with Crippen LogP contribution in [0.2, 0.25) is 0 Å². The van der Waals surface area contributed by atoms with Gasteiger partial charge in [-0.3, -0.25) is 18.6 Å². The second kappa shape index (κ2) is 33.6. The van der Waals surface area contributed by atoms with E-state index in [9.17, 15) is 44.6 Å². The van der Waals surface area contributed by atoms with Crippen LogP contribution in [0.4, 0.5) is 0 Å². The zero-order valence-corrected chi connectivity index (χ0v) is 35.5. The van der Waals surface area contributed by atoms with E-state index in [1.54, 1.807) is 0 Å². The number of rotatable bonds is 34. The summed E-state index contributed by atoms with van der Waals surface area (Å²) < 4.78 is 33.3. The van der Waals surface area contributed by atoms with Gasteiger partial charge in [0.25, 0.3) is 0 Å². The molecule has 0 spiro atoms. The van der Waals surface area contributed by atoms with Crippen LogP contribution in [-0.2, 0) is 32.7 Å². The molecule has 14 heteroatoms. The van der Waals surface area contributed by atoms with Crippen LogP contribution >= 0.6 is 7.82 Å². The van der Waals surface area contributed by atoms with Crippen LogP contribution in [0.1, 0.15) is 155 Å². The Morgan fingerprint density at radius 3 is 1.47 bits per heavy atom. The molecule has 1 saturated carbocycles. The molecule has 0 aliphatic heterocycles. The molecule has 13 nitrogen and oxygen atoms in total. The number of phosphoric acid groups is 1. The summed E-state index contributed by atoms with van der Waals surface area (Å²) in [6.45, 7) is 3.19. The first kappa shape index (κ1) is 52.8. The van der Waals surface area contributed by atoms with Crippen LogP contribution in [0, 0.1) is 0 Å². The lowest BCUT2D eigenvalue weighted by molar-refractivity contribution is -0.220. The Balaban J connectivity index is 2.48. The number of aliphatic hydroxyl groups is 5. The molecule has 1 fully saturated rings. The molecule has 57 heavy (non-hydrogen) atoms. The van der Waals surface area contributed by atoms with E-state index in [-0.39, 0.29) is 12.8 Å². The maximum Gasteiger partial charge on any atom is 0.472 e. The number of hydrogen-bond acceptors (Lipinski definition) is 12. The van der Waals surface area contributed by atoms with E-state index in [1.807, 2.05) is 0 Å². The molecule has 0 bridgehead atoms. The first-order valence-electron chi connectivity index (χ1n) is 21.4. The SMILES string of the molecule is CCCCC/C=C/C/C=C/C/C=C/C/C=C/CCCCCC(=O)OC[C@@H](COP(=O)(O)OC1C(O)C(O)C(O)[C@H](O)C1O)OC(=O)CCCCCCCCCCC. The van der Waals surface area contributed by atoms with Gasteiger partial charge in [0.2, 0.25) is 0 Å². The van der Waals surface area contributed by atoms with E-state index in [0.29, 0.717) is 12.8 Å². The average Bonchev–Trinajstić information content (AvgIpc) is 3.19. The molecule has 6 N–H and O–H groups in total. The molecule has 0 radical (unpaired) electrons. The third kappa shape index (κ3) is 26.5. The first-order chi connectivity index (χ1) is 27.4. The molecule has 6 unspecified atom stereocenters. The van der Waals surface area contributed by atoms with Crippen molar-refractivity contribution in [2.24, 2.45) is 0 Å². The Kier molecular flexibility index (Phi) is 31.2. The predicted octanol–water partition coefficient (Wildman–Crippen LogP) is 7.61. The standard InChI is InChI=1S/C43H75O13P/c1-3-5-7-9-11-13-14-15-16-17-18-19-20-21-22-24-25-27-29-31-36(44)53-33-35(55-37(45)32-30-28-26-23-12-10-8-6-4-2)34-54-57(51,52)56-43-41(49)39(47)38(46)40(48)42(43)50/h11,13,15-16,18-19,21-22,35,38-43,46-50H,3-10,12,14,17,20,23-34H2,1-2H3,(H,51,52)/b13-11+,16-15+,19-18+,22-21+/t35-,38?,39-,40?,41?,42?,43?/m0/s1. The Labute approximate surface area is 341 Å². The van der Waals surface area contributed by atoms with Crippen molar-refractivity contribution in [2.45, 2.75) is 198 Å². The molecule has 1 rings (SSSR count). The Morgan fingerprint density at radius 1 is 0.544 bits per heavy atom. The van der Waals surface area contributed by atoms with E-state index in [0.717, 1.165) is 70.6 Å². The molecule has 0 heterocycles. The molecular weight excluding hydrogens is 755 g/mol. The lowest BCUT2D eigenvalue weighted by atomic mass is 9.85. The molecule has 8 atom stereocenters. The van der Waals surface area contributed by atoms with Crippen molar-refractivity contribution in [2.75, 3.05) is 13.2 Å². The molecule has 0 aromatic rings. The first-order valence-corrected chi connectivity index (χ1v) is 22.9. The van der Waals surface area contributed by atoms with Crippen molar-refractivity contribution in [1.29, 1.82) is 0 Å². The van der Waals surface area contributed by atoms with Gasteiger partial charge in [-0.05, 0) is 57.8 Å². The number of esters is 2. The Morgan fingerprint density at radius 2 is 0.947 bits per heavy atom. The lowest BCUT2D eigenvalue weighted by Gasteiger charge is -2.41. The van der Waals surface area contributed by atoms with Crippen LogP contribution in [-0.4, -0.2) is 98.3 Å². The van der Waals surface area contributed by atoms with E-state index in [1.165, 1.54) is 44.9 Å². The van der Waals surface area contributed by atoms with Gasteiger partial charge in [-0.2, -0.15) is 0 Å². The summed E-state index contributed by atoms with van der Waals surface area (Å²) in [6.07, 6.45) is 24.7. The van der Waals surface area contributed by atoms with E-state index < -0.39 is 75.7 Å². The molecule has 0 aromatic heterocycles. The van der Waals surface area contributed by atoms with Gasteiger partial charge in [0.15, 0.2) is 6.10 Å². The highest BCUT2D eigenvalue weighted by molar-refractivity contribution is 7.47. The maximum absolute atomic E-state index is 12.8. The van der Waals surface area contributed by atoms with Gasteiger partial charge in [0.05, 0.1) is 6.61 Å². The number of carbonyl (C=O) groups excluding carboxylic acids is 2. The van der Waals surface area contributed by atoms with Crippen molar-refractivity contribution in [3.63, 3.8) is 0 Å². The number of aliphatic hydroxyl groups excluding tert-OH is 5. The summed E-state index contributed by atoms with van der Waals surface area (Å²) in [6, 6.07) is 0. The summed E-state index contributed by atoms with van der Waals surface area (Å²) in [5, 5.41) is 50.0. The van der Waals surface area contributed by atoms with Crippen molar-refractivity contribution in [1.82, 2.24) is 0 Å². The van der Waals surface area contributed by atoms with E-state index in [4.69, 9.17) is 18.5 Å². The summed E-state index contributed by atoms with van der Waals surface area (Å²) in [4.78, 5) is 35.5. The Hall–Kier alpha value is -2.19. The molecule has 0 aromatic carbocycles. The summed E-state index contributed by atoms with van der Waals surface area (Å²) in [7, 11) is -5.12. The quantitative estimate of drug-likeness (QED) is 0.0160. The van der Waals surface area contributed by atoms with Gasteiger partial charge >= 0.3 is 19.8 Å². The highest BCUT2D eigenvalue weighted by Gasteiger charge is 2.51. The van der Waals surface area contributed by atoms with Gasteiger partial charge in [-0.1, -0.05) is 133 Å². The smallest absolute Gasteiger partial charge is 0.462 e. The largest absolute Gasteiger partial charge is 0.472 e. The zero-order chi connectivity index (χ0) is 42.2. The highest BCUT2D eigenvalue weighted by Crippen LogP contribution is 2.47. The zero-order valence-electron chi connectivity index (χ0n) is 34.6. The third-order valence-corrected chi connectivity index (χ3v) is 10.7. The molecule has 1 aliphatic carbocycles. The van der Waals surface area contributed by atoms with Gasteiger partial charge in [-0.25, -0.2) is 4.57 Å². The molecule has 1 aliphatic rings. The maximum atomic E-state index is 12.8. The minimum Gasteiger partial charge on any atom is -0.462 e. The topological polar surface area (TPSA) is 210 Å². The van der Waals surface area contributed by atoms with E-state index in [2.05, 4.69) is 62.5 Å². The second-order valence-electron chi connectivity index (χ2n) is 14.8. The van der Waals surface area contributed by atoms with Gasteiger partial charge < -0.3 is 39.9 Å². The lowest BCUT2D eigenvalue weighted by Crippen LogP contribution is -2.64. The number of carbonyl (C=O) groups is 2. The van der Waals surface area contributed by atoms with Crippen molar-refractivity contribution in [3.05, 3.63) is 48.6 Å². The summed E-state index contributed by atoms with van der Waals surface area (Å²) in [5.74, 6) is -1.14. The highest BCUT2D eigenvalue weighted by atomic mass is 31.2. The fourth-order valence-corrected chi connectivity index (χ4v) is 7.12. The fraction of sp³-hybridized carbons (Fsp3) is 0.767. The van der Waals surface area contributed by atoms with Crippen LogP contribution in [0.25, 0.3) is 0 Å². The predicted molar refractivity (Wildman–Crippen MR) is 221 cm³/mol. The van der Waals surface area contributed by atoms with Gasteiger partial charge in [0.1, 0.15) is 43.2 Å². The molecule has 330 valence electrons. The molecular formula is C43H75O13P. The monoisotopic (exact) mass is 830 g/mol. The number of hydrogen-bond donors (Lipinski definition) is 6. The molecule has 0 amide bonds. The van der Waals surface area contributed by atoms with E-state index >= 15 is 0 Å². The second-order valence-corrected chi connectivity index (χ2v) is 16.3. The minimum absolute atomic E-state index is 0.0889. The third-order valence-electron chi connectivity index (χ3n) is 9.67. The van der Waals surface area contributed by atoms with Gasteiger partial charge in [0, 0.05) is 12.8 Å². The number of ether oxygens (including phenoxy) is 2. The molecule has 0 saturated heterocycles.